The number of allylic oxidation sites excluding steroid dienone is 3. The van der Waals surface area contributed by atoms with E-state index in [0.29, 0.717) is 0 Å². The molecule has 20 heavy (non-hydrogen) atoms. The van der Waals surface area contributed by atoms with Gasteiger partial charge < -0.3 is 0 Å². The van der Waals surface area contributed by atoms with Gasteiger partial charge in [0.05, 0.1) is 0 Å². The molecule has 0 saturated carbocycles. The first kappa shape index (κ1) is 16.0. The molecule has 0 aliphatic rings. The van der Waals surface area contributed by atoms with E-state index in [1.165, 1.54) is 22.3 Å². The molecule has 0 radical (unpaired) electrons. The lowest BCUT2D eigenvalue weighted by molar-refractivity contribution is 1.43. The fraction of sp³-hybridized carbons (Fsp3) is 0.200. The van der Waals surface area contributed by atoms with Crippen molar-refractivity contribution in [3.63, 3.8) is 0 Å². The van der Waals surface area contributed by atoms with E-state index in [1.54, 1.807) is 0 Å². The summed E-state index contributed by atoms with van der Waals surface area (Å²) in [6.45, 7) is 12.5. The highest BCUT2D eigenvalue weighted by molar-refractivity contribution is 6.04. The van der Waals surface area contributed by atoms with E-state index in [0.717, 1.165) is 5.57 Å². The van der Waals surface area contributed by atoms with Crippen molar-refractivity contribution in [2.45, 2.75) is 27.7 Å². The monoisotopic (exact) mass is 264 g/mol. The minimum Gasteiger partial charge on any atom is -0.0905 e. The Labute approximate surface area is 123 Å². The molecule has 0 N–H and O–H groups in total. The molecule has 0 unspecified atom stereocenters. The van der Waals surface area contributed by atoms with Crippen LogP contribution in [0.15, 0.2) is 67.3 Å². The van der Waals surface area contributed by atoms with Crippen molar-refractivity contribution in [1.82, 2.24) is 0 Å². The first-order valence-electron chi connectivity index (χ1n) is 7.21. The van der Waals surface area contributed by atoms with Crippen LogP contribution in [0.2, 0.25) is 0 Å². The quantitative estimate of drug-likeness (QED) is 0.584. The Morgan fingerprint density at radius 2 is 1.45 bits per heavy atom. The van der Waals surface area contributed by atoms with Gasteiger partial charge in [0.25, 0.3) is 0 Å². The zero-order valence-electron chi connectivity index (χ0n) is 13.0. The Kier molecular flexibility index (Phi) is 6.52. The lowest BCUT2D eigenvalue weighted by Gasteiger charge is -2.13. The highest BCUT2D eigenvalue weighted by Gasteiger charge is 2.08. The van der Waals surface area contributed by atoms with E-state index in [2.05, 4.69) is 75.0 Å². The van der Waals surface area contributed by atoms with Crippen molar-refractivity contribution in [2.75, 3.05) is 0 Å². The van der Waals surface area contributed by atoms with Gasteiger partial charge in [0.2, 0.25) is 0 Å². The van der Waals surface area contributed by atoms with Crippen LogP contribution < -0.4 is 0 Å². The van der Waals surface area contributed by atoms with E-state index < -0.39 is 0 Å². The summed E-state index contributed by atoms with van der Waals surface area (Å²) in [7, 11) is 0. The summed E-state index contributed by atoms with van der Waals surface area (Å²) < 4.78 is 0. The van der Waals surface area contributed by atoms with Crippen LogP contribution in [0.5, 0.6) is 0 Å². The first-order chi connectivity index (χ1) is 9.74. The minimum atomic E-state index is 1.09. The van der Waals surface area contributed by atoms with E-state index in [9.17, 15) is 0 Å². The zero-order chi connectivity index (χ0) is 15.0. The van der Waals surface area contributed by atoms with Gasteiger partial charge in [-0.25, -0.2) is 0 Å². The fourth-order valence-corrected chi connectivity index (χ4v) is 2.19. The second kappa shape index (κ2) is 8.16. The second-order valence-corrected chi connectivity index (χ2v) is 4.36. The van der Waals surface area contributed by atoms with Crippen molar-refractivity contribution in [1.29, 1.82) is 0 Å². The molecule has 0 spiro atoms. The first-order valence-corrected chi connectivity index (χ1v) is 7.21. The smallest absolute Gasteiger partial charge is 0.0154 e. The molecule has 0 fully saturated rings. The van der Waals surface area contributed by atoms with Crippen molar-refractivity contribution in [3.05, 3.63) is 83.9 Å². The molecule has 2 aromatic rings. The van der Waals surface area contributed by atoms with E-state index in [1.807, 2.05) is 19.9 Å². The van der Waals surface area contributed by atoms with Crippen molar-refractivity contribution < 1.29 is 0 Å². The molecule has 2 aromatic carbocycles. The van der Waals surface area contributed by atoms with Gasteiger partial charge in [-0.05, 0) is 41.7 Å². The van der Waals surface area contributed by atoms with Gasteiger partial charge in [-0.1, -0.05) is 81.1 Å². The molecular formula is C20H24. The molecule has 2 rings (SSSR count). The maximum Gasteiger partial charge on any atom is -0.0154 e. The summed E-state index contributed by atoms with van der Waals surface area (Å²) in [4.78, 5) is 0. The van der Waals surface area contributed by atoms with Crippen LogP contribution in [-0.2, 0) is 0 Å². The highest BCUT2D eigenvalue weighted by atomic mass is 14.1. The molecule has 0 saturated heterocycles. The standard InChI is InChI=1S/C18H18.C2H6/c1-4-17(16-11-6-5-7-12-16)15(3)18-13-9-8-10-14(18)2;1-2/h4-13H,3H2,1-2H3;1-2H3/b17-4+;. The average Bonchev–Trinajstić information content (AvgIpc) is 2.51. The molecule has 0 bridgehead atoms. The van der Waals surface area contributed by atoms with Gasteiger partial charge in [0, 0.05) is 0 Å². The lowest BCUT2D eigenvalue weighted by Crippen LogP contribution is -1.91. The summed E-state index contributed by atoms with van der Waals surface area (Å²) in [6.07, 6.45) is 2.13. The van der Waals surface area contributed by atoms with Crippen LogP contribution in [0.1, 0.15) is 37.5 Å². The average molecular weight is 264 g/mol. The SMILES string of the molecule is C=C(/C(=C\C)c1ccccc1)c1ccccc1C.CC. The van der Waals surface area contributed by atoms with Gasteiger partial charge in [-0.2, -0.15) is 0 Å². The van der Waals surface area contributed by atoms with Gasteiger partial charge in [-0.3, -0.25) is 0 Å². The number of rotatable bonds is 3. The fourth-order valence-electron chi connectivity index (χ4n) is 2.19. The zero-order valence-corrected chi connectivity index (χ0v) is 13.0. The molecule has 104 valence electrons. The van der Waals surface area contributed by atoms with Crippen LogP contribution in [0.4, 0.5) is 0 Å². The Balaban J connectivity index is 0.000000956. The van der Waals surface area contributed by atoms with E-state index in [-0.39, 0.29) is 0 Å². The number of aryl methyl sites for hydroxylation is 1. The Morgan fingerprint density at radius 3 is 2.00 bits per heavy atom. The third-order valence-corrected chi connectivity index (χ3v) is 3.17. The molecule has 0 aliphatic carbocycles. The summed E-state index contributed by atoms with van der Waals surface area (Å²) in [5, 5.41) is 0. The topological polar surface area (TPSA) is 0 Å². The summed E-state index contributed by atoms with van der Waals surface area (Å²) in [5.74, 6) is 0. The minimum absolute atomic E-state index is 1.09. The van der Waals surface area contributed by atoms with Gasteiger partial charge in [0.15, 0.2) is 0 Å². The Morgan fingerprint density at radius 1 is 0.900 bits per heavy atom. The molecule has 0 atom stereocenters. The summed E-state index contributed by atoms with van der Waals surface area (Å²) in [6, 6.07) is 18.8. The predicted molar refractivity (Wildman–Crippen MR) is 91.7 cm³/mol. The largest absolute Gasteiger partial charge is 0.0905 e. The van der Waals surface area contributed by atoms with Crippen molar-refractivity contribution in [3.8, 4) is 0 Å². The van der Waals surface area contributed by atoms with Crippen molar-refractivity contribution in [2.24, 2.45) is 0 Å². The molecule has 0 aliphatic heterocycles. The van der Waals surface area contributed by atoms with Crippen LogP contribution in [0.25, 0.3) is 11.1 Å². The van der Waals surface area contributed by atoms with Crippen LogP contribution >= 0.6 is 0 Å². The third-order valence-electron chi connectivity index (χ3n) is 3.17. The molecular weight excluding hydrogens is 240 g/mol. The molecule has 0 amide bonds. The van der Waals surface area contributed by atoms with E-state index >= 15 is 0 Å². The molecule has 0 aromatic heterocycles. The Hall–Kier alpha value is -2.08. The third kappa shape index (κ3) is 3.71. The predicted octanol–water partition coefficient (Wildman–Crippen LogP) is 6.14. The normalized spacial score (nSPS) is 10.5. The van der Waals surface area contributed by atoms with Crippen LogP contribution in [0.3, 0.4) is 0 Å². The van der Waals surface area contributed by atoms with Gasteiger partial charge in [-0.15, -0.1) is 0 Å². The Bertz CT molecular complexity index is 574. The van der Waals surface area contributed by atoms with Gasteiger partial charge in [0.1, 0.15) is 0 Å². The van der Waals surface area contributed by atoms with E-state index in [4.69, 9.17) is 0 Å². The summed E-state index contributed by atoms with van der Waals surface area (Å²) >= 11 is 0. The van der Waals surface area contributed by atoms with Crippen LogP contribution in [-0.4, -0.2) is 0 Å². The highest BCUT2D eigenvalue weighted by Crippen LogP contribution is 2.31. The lowest BCUT2D eigenvalue weighted by atomic mass is 9.91. The molecule has 0 heterocycles. The number of hydrogen-bond donors (Lipinski definition) is 0. The maximum absolute atomic E-state index is 4.27. The van der Waals surface area contributed by atoms with Crippen LogP contribution in [0, 0.1) is 6.92 Å². The summed E-state index contributed by atoms with van der Waals surface area (Å²) in [5.41, 5.74) is 5.98. The second-order valence-electron chi connectivity index (χ2n) is 4.36. The molecule has 0 nitrogen and oxygen atoms in total. The van der Waals surface area contributed by atoms with Crippen molar-refractivity contribution >= 4 is 11.1 Å². The van der Waals surface area contributed by atoms with Gasteiger partial charge >= 0.3 is 0 Å². The molecule has 0 heteroatoms. The number of benzene rings is 2. The number of hydrogen-bond acceptors (Lipinski definition) is 0. The maximum atomic E-state index is 4.27.